The van der Waals surface area contributed by atoms with Crippen molar-refractivity contribution in [3.8, 4) is 0 Å². The standard InChI is InChI=1S/C36H65NO8/c1-3-5-7-9-11-13-15-16-17-19-21-23-25-30(39)29(28-44-36-35(43)34(42)33(41)31(27-38)45-36)37-32(40)26-24-22-20-18-14-12-10-8-6-4-2/h8,10,16-17,23,25,29-31,33-36,38-39,41-43H,3-7,9,11-15,18-22,24,26-28H2,1-2H3,(H,37,40)/b10-8-,17-16+,25-23+. The van der Waals surface area contributed by atoms with Gasteiger partial charge in [-0.2, -0.15) is 0 Å². The van der Waals surface area contributed by atoms with Gasteiger partial charge in [0.05, 0.1) is 25.4 Å². The van der Waals surface area contributed by atoms with Gasteiger partial charge in [0.2, 0.25) is 5.91 Å². The van der Waals surface area contributed by atoms with E-state index in [4.69, 9.17) is 9.47 Å². The van der Waals surface area contributed by atoms with E-state index in [2.05, 4.69) is 43.5 Å². The van der Waals surface area contributed by atoms with Crippen LogP contribution in [-0.4, -0.2) is 87.5 Å². The van der Waals surface area contributed by atoms with Gasteiger partial charge in [0.25, 0.3) is 0 Å². The van der Waals surface area contributed by atoms with Crippen LogP contribution in [-0.2, 0) is 14.3 Å². The van der Waals surface area contributed by atoms with Gasteiger partial charge in [-0.3, -0.25) is 4.79 Å². The lowest BCUT2D eigenvalue weighted by Gasteiger charge is -2.40. The minimum absolute atomic E-state index is 0.204. The maximum atomic E-state index is 12.8. The van der Waals surface area contributed by atoms with E-state index in [-0.39, 0.29) is 12.5 Å². The van der Waals surface area contributed by atoms with Gasteiger partial charge in [-0.1, -0.05) is 108 Å². The number of amides is 1. The number of ether oxygens (including phenoxy) is 2. The van der Waals surface area contributed by atoms with Gasteiger partial charge in [0, 0.05) is 6.42 Å². The Bertz CT molecular complexity index is 802. The average Bonchev–Trinajstić information content (AvgIpc) is 3.04. The zero-order valence-electron chi connectivity index (χ0n) is 28.1. The molecule has 1 amide bonds. The molecule has 1 heterocycles. The number of allylic oxidation sites excluding steroid dienone is 5. The highest BCUT2D eigenvalue weighted by atomic mass is 16.7. The molecule has 0 aromatic rings. The fourth-order valence-electron chi connectivity index (χ4n) is 5.23. The molecule has 7 atom stereocenters. The van der Waals surface area contributed by atoms with E-state index in [1.54, 1.807) is 6.08 Å². The van der Waals surface area contributed by atoms with Crippen molar-refractivity contribution in [3.05, 3.63) is 36.5 Å². The first kappa shape index (κ1) is 41.4. The third-order valence-corrected chi connectivity index (χ3v) is 8.17. The Kier molecular flexibility index (Phi) is 25.3. The Balaban J connectivity index is 2.55. The molecule has 1 aliphatic rings. The van der Waals surface area contributed by atoms with Gasteiger partial charge in [0.15, 0.2) is 6.29 Å². The average molecular weight is 640 g/mol. The van der Waals surface area contributed by atoms with Crippen molar-refractivity contribution < 1.29 is 39.8 Å². The van der Waals surface area contributed by atoms with Gasteiger partial charge in [-0.25, -0.2) is 0 Å². The molecule has 6 N–H and O–H groups in total. The Hall–Kier alpha value is -1.59. The van der Waals surface area contributed by atoms with Gasteiger partial charge < -0.3 is 40.3 Å². The molecule has 9 heteroatoms. The molecule has 1 fully saturated rings. The molecule has 0 spiro atoms. The molecule has 1 saturated heterocycles. The zero-order chi connectivity index (χ0) is 33.1. The van der Waals surface area contributed by atoms with Crippen molar-refractivity contribution in [2.45, 2.75) is 172 Å². The monoisotopic (exact) mass is 639 g/mol. The van der Waals surface area contributed by atoms with Crippen LogP contribution in [0.3, 0.4) is 0 Å². The third kappa shape index (κ3) is 19.6. The summed E-state index contributed by atoms with van der Waals surface area (Å²) in [4.78, 5) is 12.8. The summed E-state index contributed by atoms with van der Waals surface area (Å²) < 4.78 is 11.1. The summed E-state index contributed by atoms with van der Waals surface area (Å²) in [6.45, 7) is 3.62. The fraction of sp³-hybridized carbons (Fsp3) is 0.806. The molecular weight excluding hydrogens is 574 g/mol. The Morgan fingerprint density at radius 3 is 1.96 bits per heavy atom. The number of carbonyl (C=O) groups is 1. The molecule has 1 rings (SSSR count). The maximum Gasteiger partial charge on any atom is 0.220 e. The summed E-state index contributed by atoms with van der Waals surface area (Å²) in [5.74, 6) is -0.204. The number of carbonyl (C=O) groups excluding carboxylic acids is 1. The van der Waals surface area contributed by atoms with Crippen LogP contribution in [0.15, 0.2) is 36.5 Å². The number of hydrogen-bond donors (Lipinski definition) is 6. The highest BCUT2D eigenvalue weighted by Gasteiger charge is 2.44. The molecule has 45 heavy (non-hydrogen) atoms. The Morgan fingerprint density at radius 1 is 0.733 bits per heavy atom. The van der Waals surface area contributed by atoms with Gasteiger partial charge in [-0.15, -0.1) is 0 Å². The summed E-state index contributed by atoms with van der Waals surface area (Å²) in [5, 5.41) is 53.7. The fourth-order valence-corrected chi connectivity index (χ4v) is 5.23. The van der Waals surface area contributed by atoms with E-state index < -0.39 is 49.5 Å². The second-order valence-corrected chi connectivity index (χ2v) is 12.3. The van der Waals surface area contributed by atoms with Gasteiger partial charge in [0.1, 0.15) is 24.4 Å². The highest BCUT2D eigenvalue weighted by molar-refractivity contribution is 5.76. The normalized spacial score (nSPS) is 23.8. The Morgan fingerprint density at radius 2 is 1.31 bits per heavy atom. The quantitative estimate of drug-likeness (QED) is 0.0519. The summed E-state index contributed by atoms with van der Waals surface area (Å²) >= 11 is 0. The van der Waals surface area contributed by atoms with Crippen LogP contribution in [0.4, 0.5) is 0 Å². The van der Waals surface area contributed by atoms with E-state index in [9.17, 15) is 30.3 Å². The highest BCUT2D eigenvalue weighted by Crippen LogP contribution is 2.22. The molecule has 7 unspecified atom stereocenters. The Labute approximate surface area is 272 Å². The topological polar surface area (TPSA) is 149 Å². The van der Waals surface area contributed by atoms with Crippen LogP contribution in [0, 0.1) is 0 Å². The molecule has 0 saturated carbocycles. The summed E-state index contributed by atoms with van der Waals surface area (Å²) in [7, 11) is 0. The number of unbranched alkanes of at least 4 members (excludes halogenated alkanes) is 13. The molecule has 0 aromatic carbocycles. The van der Waals surface area contributed by atoms with E-state index in [0.29, 0.717) is 6.42 Å². The molecule has 262 valence electrons. The van der Waals surface area contributed by atoms with E-state index in [1.165, 1.54) is 44.9 Å². The largest absolute Gasteiger partial charge is 0.394 e. The second kappa shape index (κ2) is 27.5. The van der Waals surface area contributed by atoms with Crippen LogP contribution in [0.1, 0.15) is 129 Å². The number of aliphatic hydroxyl groups is 5. The summed E-state index contributed by atoms with van der Waals surface area (Å²) in [6, 6.07) is -0.820. The van der Waals surface area contributed by atoms with E-state index >= 15 is 0 Å². The molecule has 0 bridgehead atoms. The zero-order valence-corrected chi connectivity index (χ0v) is 28.1. The van der Waals surface area contributed by atoms with Crippen LogP contribution in [0.25, 0.3) is 0 Å². The summed E-state index contributed by atoms with van der Waals surface area (Å²) in [5.41, 5.74) is 0. The molecule has 1 aliphatic heterocycles. The maximum absolute atomic E-state index is 12.8. The smallest absolute Gasteiger partial charge is 0.220 e. The van der Waals surface area contributed by atoms with Crippen molar-refractivity contribution in [1.82, 2.24) is 5.32 Å². The van der Waals surface area contributed by atoms with Crippen molar-refractivity contribution in [2.75, 3.05) is 13.2 Å². The van der Waals surface area contributed by atoms with Crippen molar-refractivity contribution in [2.24, 2.45) is 0 Å². The van der Waals surface area contributed by atoms with Gasteiger partial charge >= 0.3 is 0 Å². The lowest BCUT2D eigenvalue weighted by molar-refractivity contribution is -0.302. The first-order chi connectivity index (χ1) is 21.8. The van der Waals surface area contributed by atoms with Crippen LogP contribution in [0.5, 0.6) is 0 Å². The second-order valence-electron chi connectivity index (χ2n) is 12.3. The number of hydrogen-bond acceptors (Lipinski definition) is 8. The predicted molar refractivity (Wildman–Crippen MR) is 180 cm³/mol. The first-order valence-electron chi connectivity index (χ1n) is 17.7. The van der Waals surface area contributed by atoms with Crippen molar-refractivity contribution in [3.63, 3.8) is 0 Å². The number of rotatable bonds is 27. The van der Waals surface area contributed by atoms with Crippen LogP contribution < -0.4 is 5.32 Å². The van der Waals surface area contributed by atoms with E-state index in [0.717, 1.165) is 64.2 Å². The lowest BCUT2D eigenvalue weighted by atomic mass is 9.99. The SMILES string of the molecule is CCC/C=C\CCCCCCCC(=O)NC(COC1OC(CO)C(O)C(O)C1O)C(O)/C=C/CC/C=C/CCCCCCCC. The van der Waals surface area contributed by atoms with Crippen molar-refractivity contribution >= 4 is 5.91 Å². The van der Waals surface area contributed by atoms with Crippen molar-refractivity contribution in [1.29, 1.82) is 0 Å². The molecule has 0 radical (unpaired) electrons. The van der Waals surface area contributed by atoms with E-state index in [1.807, 2.05) is 6.08 Å². The summed E-state index contributed by atoms with van der Waals surface area (Å²) in [6.07, 6.45) is 23.4. The first-order valence-corrected chi connectivity index (χ1v) is 17.7. The predicted octanol–water partition coefficient (Wildman–Crippen LogP) is 5.38. The minimum Gasteiger partial charge on any atom is -0.394 e. The molecule has 0 aromatic heterocycles. The molecule has 9 nitrogen and oxygen atoms in total. The number of nitrogens with one attached hydrogen (secondary N) is 1. The van der Waals surface area contributed by atoms with Crippen LogP contribution in [0.2, 0.25) is 0 Å². The van der Waals surface area contributed by atoms with Crippen LogP contribution >= 0.6 is 0 Å². The number of aliphatic hydroxyl groups excluding tert-OH is 5. The lowest BCUT2D eigenvalue weighted by Crippen LogP contribution is -2.60. The molecule has 0 aliphatic carbocycles. The molecular formula is C36H65NO8. The third-order valence-electron chi connectivity index (χ3n) is 8.17. The minimum atomic E-state index is -1.57. The van der Waals surface area contributed by atoms with Gasteiger partial charge in [-0.05, 0) is 51.4 Å².